The van der Waals surface area contributed by atoms with Crippen LogP contribution in [0.4, 0.5) is 0 Å². The molecule has 2 rings (SSSR count). The Hall–Kier alpha value is -1.55. The van der Waals surface area contributed by atoms with Crippen LogP contribution in [0.5, 0.6) is 0 Å². The predicted molar refractivity (Wildman–Crippen MR) is 70.4 cm³/mol. The second kappa shape index (κ2) is 4.37. The molecule has 0 aliphatic carbocycles. The molecule has 0 aromatic carbocycles. The van der Waals surface area contributed by atoms with Crippen LogP contribution < -0.4 is 5.56 Å². The number of aryl methyl sites for hydroxylation is 1. The number of hydrogen-bond donors (Lipinski definition) is 1. The van der Waals surface area contributed by atoms with E-state index in [1.165, 1.54) is 0 Å². The number of H-pyrrole nitrogens is 1. The van der Waals surface area contributed by atoms with E-state index in [0.29, 0.717) is 6.04 Å². The lowest BCUT2D eigenvalue weighted by atomic mass is 10.2. The fourth-order valence-electron chi connectivity index (χ4n) is 1.98. The Balaban J connectivity index is 2.46. The van der Waals surface area contributed by atoms with Crippen molar-refractivity contribution in [2.24, 2.45) is 0 Å². The fourth-order valence-corrected chi connectivity index (χ4v) is 1.98. The summed E-state index contributed by atoms with van der Waals surface area (Å²) in [5.74, 6) is 0. The molecule has 4 heteroatoms. The van der Waals surface area contributed by atoms with E-state index in [9.17, 15) is 4.79 Å². The number of hydrogen-bond acceptors (Lipinski definition) is 2. The minimum absolute atomic E-state index is 0.00374. The van der Waals surface area contributed by atoms with Gasteiger partial charge in [0.1, 0.15) is 5.52 Å². The molecule has 2 heterocycles. The molecular weight excluding hydrogens is 214 g/mol. The fraction of sp³-hybridized carbons (Fsp3) is 0.462. The number of likely N-dealkylation sites (N-methyl/N-ethyl adjacent to an activating group) is 1. The van der Waals surface area contributed by atoms with Crippen molar-refractivity contribution in [3.63, 3.8) is 0 Å². The molecule has 0 radical (unpaired) electrons. The van der Waals surface area contributed by atoms with Crippen molar-refractivity contribution in [2.45, 2.75) is 26.4 Å². The Morgan fingerprint density at radius 3 is 2.82 bits per heavy atom. The average molecular weight is 233 g/mol. The van der Waals surface area contributed by atoms with Crippen LogP contribution in [0.3, 0.4) is 0 Å². The van der Waals surface area contributed by atoms with Crippen molar-refractivity contribution in [2.75, 3.05) is 14.1 Å². The van der Waals surface area contributed by atoms with Crippen LogP contribution in [-0.4, -0.2) is 34.6 Å². The van der Waals surface area contributed by atoms with E-state index >= 15 is 0 Å². The summed E-state index contributed by atoms with van der Waals surface area (Å²) in [6, 6.07) is 4.40. The summed E-state index contributed by atoms with van der Waals surface area (Å²) < 4.78 is 2.03. The molecule has 0 saturated heterocycles. The van der Waals surface area contributed by atoms with E-state index in [-0.39, 0.29) is 5.56 Å². The normalized spacial score (nSPS) is 13.5. The molecule has 0 aliphatic heterocycles. The van der Waals surface area contributed by atoms with Gasteiger partial charge in [-0.05, 0) is 40.1 Å². The summed E-state index contributed by atoms with van der Waals surface area (Å²) in [7, 11) is 4.09. The Labute approximate surface area is 101 Å². The smallest absolute Gasteiger partial charge is 0.272 e. The third-order valence-electron chi connectivity index (χ3n) is 3.23. The molecule has 17 heavy (non-hydrogen) atoms. The van der Waals surface area contributed by atoms with Gasteiger partial charge >= 0.3 is 0 Å². The van der Waals surface area contributed by atoms with Crippen molar-refractivity contribution < 1.29 is 0 Å². The Morgan fingerprint density at radius 2 is 2.18 bits per heavy atom. The van der Waals surface area contributed by atoms with E-state index in [4.69, 9.17) is 0 Å². The van der Waals surface area contributed by atoms with Gasteiger partial charge in [0.05, 0.1) is 0 Å². The maximum absolute atomic E-state index is 11.9. The molecule has 1 atom stereocenters. The van der Waals surface area contributed by atoms with Crippen molar-refractivity contribution in [1.29, 1.82) is 0 Å². The third kappa shape index (κ3) is 2.26. The van der Waals surface area contributed by atoms with Crippen LogP contribution in [0, 0.1) is 6.92 Å². The number of nitrogens with one attached hydrogen (secondary N) is 1. The molecule has 4 nitrogen and oxygen atoms in total. The van der Waals surface area contributed by atoms with Gasteiger partial charge in [0.25, 0.3) is 5.56 Å². The minimum atomic E-state index is -0.00374. The molecule has 0 fully saturated rings. The van der Waals surface area contributed by atoms with Crippen LogP contribution in [-0.2, 0) is 6.54 Å². The van der Waals surface area contributed by atoms with Crippen molar-refractivity contribution >= 4 is 10.9 Å². The van der Waals surface area contributed by atoms with Gasteiger partial charge in [-0.3, -0.25) is 4.79 Å². The standard InChI is InChI=1S/C13H19N3O/c1-9-7-11-5-6-16(8-10(2)15(3)4)12(11)13(17)14-9/h5-7,10H,8H2,1-4H3,(H,14,17). The van der Waals surface area contributed by atoms with Crippen LogP contribution >= 0.6 is 0 Å². The van der Waals surface area contributed by atoms with Gasteiger partial charge in [-0.2, -0.15) is 0 Å². The summed E-state index contributed by atoms with van der Waals surface area (Å²) in [6.45, 7) is 4.87. The van der Waals surface area contributed by atoms with Gasteiger partial charge in [-0.15, -0.1) is 0 Å². The van der Waals surface area contributed by atoms with Gasteiger partial charge < -0.3 is 14.5 Å². The lowest BCUT2D eigenvalue weighted by Crippen LogP contribution is -2.29. The van der Waals surface area contributed by atoms with E-state index in [2.05, 4.69) is 16.8 Å². The van der Waals surface area contributed by atoms with E-state index in [1.807, 2.05) is 43.9 Å². The summed E-state index contributed by atoms with van der Waals surface area (Å²) in [5.41, 5.74) is 1.67. The molecule has 0 aliphatic rings. The summed E-state index contributed by atoms with van der Waals surface area (Å²) in [6.07, 6.45) is 1.99. The second-order valence-corrected chi connectivity index (χ2v) is 4.87. The number of pyridine rings is 1. The van der Waals surface area contributed by atoms with E-state index in [1.54, 1.807) is 0 Å². The van der Waals surface area contributed by atoms with E-state index < -0.39 is 0 Å². The molecule has 0 bridgehead atoms. The molecule has 92 valence electrons. The van der Waals surface area contributed by atoms with E-state index in [0.717, 1.165) is 23.1 Å². The predicted octanol–water partition coefficient (Wildman–Crippen LogP) is 1.59. The molecule has 0 spiro atoms. The number of aromatic nitrogens is 2. The first-order valence-corrected chi connectivity index (χ1v) is 5.84. The van der Waals surface area contributed by atoms with Crippen LogP contribution in [0.25, 0.3) is 10.9 Å². The monoisotopic (exact) mass is 233 g/mol. The van der Waals surface area contributed by atoms with Crippen molar-refractivity contribution in [3.05, 3.63) is 34.4 Å². The SMILES string of the molecule is Cc1cc2ccn(CC(C)N(C)C)c2c(=O)[nH]1. The van der Waals surface area contributed by atoms with Gasteiger partial charge in [0.15, 0.2) is 0 Å². The van der Waals surface area contributed by atoms with Crippen molar-refractivity contribution in [1.82, 2.24) is 14.5 Å². The number of fused-ring (bicyclic) bond motifs is 1. The lowest BCUT2D eigenvalue weighted by molar-refractivity contribution is 0.286. The van der Waals surface area contributed by atoms with Crippen LogP contribution in [0.1, 0.15) is 12.6 Å². The Kier molecular flexibility index (Phi) is 3.07. The highest BCUT2D eigenvalue weighted by Gasteiger charge is 2.10. The highest BCUT2D eigenvalue weighted by molar-refractivity contribution is 5.79. The summed E-state index contributed by atoms with van der Waals surface area (Å²) in [4.78, 5) is 16.9. The Morgan fingerprint density at radius 1 is 1.47 bits per heavy atom. The first-order chi connectivity index (χ1) is 7.99. The average Bonchev–Trinajstić information content (AvgIpc) is 2.60. The quantitative estimate of drug-likeness (QED) is 0.874. The molecule has 1 unspecified atom stereocenters. The molecule has 2 aromatic rings. The van der Waals surface area contributed by atoms with Gasteiger partial charge in [-0.25, -0.2) is 0 Å². The molecule has 0 amide bonds. The maximum atomic E-state index is 11.9. The van der Waals surface area contributed by atoms with Crippen LogP contribution in [0.2, 0.25) is 0 Å². The topological polar surface area (TPSA) is 41.0 Å². The first-order valence-electron chi connectivity index (χ1n) is 5.84. The zero-order valence-electron chi connectivity index (χ0n) is 10.8. The number of aromatic amines is 1. The van der Waals surface area contributed by atoms with Gasteiger partial charge in [-0.1, -0.05) is 0 Å². The highest BCUT2D eigenvalue weighted by Crippen LogP contribution is 2.13. The Bertz CT molecular complexity index is 580. The lowest BCUT2D eigenvalue weighted by Gasteiger charge is -2.20. The largest absolute Gasteiger partial charge is 0.341 e. The zero-order valence-corrected chi connectivity index (χ0v) is 10.8. The molecular formula is C13H19N3O. The molecule has 1 N–H and O–H groups in total. The van der Waals surface area contributed by atoms with Crippen molar-refractivity contribution in [3.8, 4) is 0 Å². The third-order valence-corrected chi connectivity index (χ3v) is 3.23. The van der Waals surface area contributed by atoms with Gasteiger partial charge in [0, 0.05) is 29.9 Å². The summed E-state index contributed by atoms with van der Waals surface area (Å²) >= 11 is 0. The minimum Gasteiger partial charge on any atom is -0.341 e. The molecule has 2 aromatic heterocycles. The first kappa shape index (κ1) is 11.9. The zero-order chi connectivity index (χ0) is 12.6. The van der Waals surface area contributed by atoms with Crippen LogP contribution in [0.15, 0.2) is 23.1 Å². The molecule has 0 saturated carbocycles. The maximum Gasteiger partial charge on any atom is 0.272 e. The number of nitrogens with zero attached hydrogens (tertiary/aromatic N) is 2. The second-order valence-electron chi connectivity index (χ2n) is 4.87. The number of rotatable bonds is 3. The van der Waals surface area contributed by atoms with Gasteiger partial charge in [0.2, 0.25) is 0 Å². The summed E-state index contributed by atoms with van der Waals surface area (Å²) in [5, 5.41) is 1.01. The highest BCUT2D eigenvalue weighted by atomic mass is 16.1.